The Morgan fingerprint density at radius 2 is 1.83 bits per heavy atom. The molecule has 0 aromatic carbocycles. The van der Waals surface area contributed by atoms with Crippen LogP contribution in [-0.4, -0.2) is 23.6 Å². The molecule has 5 nitrogen and oxygen atoms in total. The van der Waals surface area contributed by atoms with Gasteiger partial charge in [-0.2, -0.15) is 5.26 Å². The molecule has 0 heterocycles. The third-order valence-corrected chi connectivity index (χ3v) is 3.05. The van der Waals surface area contributed by atoms with Gasteiger partial charge in [-0.05, 0) is 25.8 Å². The van der Waals surface area contributed by atoms with Gasteiger partial charge in [0.1, 0.15) is 5.78 Å². The molecule has 0 aliphatic heterocycles. The molecule has 1 unspecified atom stereocenters. The molecule has 5 heteroatoms. The van der Waals surface area contributed by atoms with E-state index < -0.39 is 5.97 Å². The number of rotatable bonds is 11. The smallest absolute Gasteiger partial charge is 0.330 e. The van der Waals surface area contributed by atoms with E-state index in [9.17, 15) is 9.59 Å². The van der Waals surface area contributed by atoms with Crippen LogP contribution in [0.5, 0.6) is 0 Å². The quantitative estimate of drug-likeness (QED) is 0.337. The van der Waals surface area contributed by atoms with Gasteiger partial charge in [-0.3, -0.25) is 4.79 Å². The summed E-state index contributed by atoms with van der Waals surface area (Å²) in [6.07, 6.45) is 5.83. The molecule has 0 saturated carbocycles. The molecular weight excluding hydrogens is 234 g/mol. The number of hydrogen-bond donors (Lipinski definition) is 2. The first-order valence-electron chi connectivity index (χ1n) is 6.72. The van der Waals surface area contributed by atoms with Crippen molar-refractivity contribution in [1.29, 1.82) is 0 Å². The highest BCUT2D eigenvalue weighted by atomic mass is 17.1. The van der Waals surface area contributed by atoms with Crippen molar-refractivity contribution in [3.8, 4) is 0 Å². The topological polar surface area (TPSA) is 89.6 Å². The van der Waals surface area contributed by atoms with Crippen molar-refractivity contribution < 1.29 is 19.7 Å². The van der Waals surface area contributed by atoms with Gasteiger partial charge in [-0.25, -0.2) is 4.79 Å². The van der Waals surface area contributed by atoms with Gasteiger partial charge in [0.2, 0.25) is 0 Å². The van der Waals surface area contributed by atoms with Gasteiger partial charge in [-0.15, -0.1) is 0 Å². The highest BCUT2D eigenvalue weighted by Crippen LogP contribution is 2.19. The van der Waals surface area contributed by atoms with E-state index in [1.807, 2.05) is 0 Å². The maximum Gasteiger partial charge on any atom is 0.342 e. The van der Waals surface area contributed by atoms with Crippen LogP contribution in [0.3, 0.4) is 0 Å². The number of carbonyl (C=O) groups excluding carboxylic acids is 2. The number of unbranched alkanes of at least 4 members (excludes halogenated alkanes) is 2. The lowest BCUT2D eigenvalue weighted by Crippen LogP contribution is -2.17. The molecule has 0 aromatic rings. The highest BCUT2D eigenvalue weighted by Gasteiger charge is 2.18. The zero-order valence-corrected chi connectivity index (χ0v) is 11.2. The van der Waals surface area contributed by atoms with Crippen molar-refractivity contribution in [1.82, 2.24) is 0 Å². The summed E-state index contributed by atoms with van der Waals surface area (Å²) in [7, 11) is 0. The Hall–Kier alpha value is -0.940. The fourth-order valence-corrected chi connectivity index (χ4v) is 1.95. The molecule has 0 bridgehead atoms. The average Bonchev–Trinajstić information content (AvgIpc) is 2.39. The van der Waals surface area contributed by atoms with E-state index in [2.05, 4.69) is 11.8 Å². The summed E-state index contributed by atoms with van der Waals surface area (Å²) in [6, 6.07) is 0. The van der Waals surface area contributed by atoms with Gasteiger partial charge in [0.25, 0.3) is 0 Å². The summed E-state index contributed by atoms with van der Waals surface area (Å²) in [4.78, 5) is 26.3. The Bertz CT molecular complexity index is 243. The Balaban J connectivity index is 4.08. The minimum absolute atomic E-state index is 0.00778. The van der Waals surface area contributed by atoms with Gasteiger partial charge in [0, 0.05) is 12.3 Å². The minimum Gasteiger partial charge on any atom is -0.330 e. The van der Waals surface area contributed by atoms with E-state index in [1.165, 1.54) is 0 Å². The molecule has 0 amide bonds. The van der Waals surface area contributed by atoms with Crippen LogP contribution in [0.2, 0.25) is 0 Å². The van der Waals surface area contributed by atoms with Crippen LogP contribution in [0.15, 0.2) is 0 Å². The van der Waals surface area contributed by atoms with Crippen LogP contribution in [0.4, 0.5) is 0 Å². The monoisotopic (exact) mass is 259 g/mol. The van der Waals surface area contributed by atoms with Crippen molar-refractivity contribution in [3.63, 3.8) is 0 Å². The molecule has 0 aromatic heterocycles. The molecule has 1 atom stereocenters. The maximum absolute atomic E-state index is 11.9. The van der Waals surface area contributed by atoms with Crippen molar-refractivity contribution in [2.24, 2.45) is 11.7 Å². The van der Waals surface area contributed by atoms with E-state index in [0.717, 1.165) is 38.5 Å². The SMILES string of the molecule is CCCCCC(CCCN)C(=O)CCC(=O)OO. The van der Waals surface area contributed by atoms with E-state index >= 15 is 0 Å². The first-order chi connectivity index (χ1) is 8.65. The van der Waals surface area contributed by atoms with Gasteiger partial charge in [0.05, 0.1) is 6.42 Å². The van der Waals surface area contributed by atoms with Crippen LogP contribution in [-0.2, 0) is 14.5 Å². The second kappa shape index (κ2) is 11.2. The lowest BCUT2D eigenvalue weighted by Gasteiger charge is -2.14. The lowest BCUT2D eigenvalue weighted by atomic mass is 9.90. The summed E-state index contributed by atoms with van der Waals surface area (Å²) in [5.41, 5.74) is 5.46. The number of nitrogens with two attached hydrogens (primary N) is 1. The fourth-order valence-electron chi connectivity index (χ4n) is 1.95. The predicted molar refractivity (Wildman–Crippen MR) is 68.9 cm³/mol. The Morgan fingerprint density at radius 3 is 2.39 bits per heavy atom. The number of Topliss-reactive ketones (excluding diaryl/α,β-unsaturated/α-hetero) is 1. The molecule has 3 N–H and O–H groups in total. The standard InChI is InChI=1S/C13H25NO4/c1-2-3-4-6-11(7-5-10-14)12(15)8-9-13(16)18-17/h11,17H,2-10,14H2,1H3. The molecule has 0 radical (unpaired) electrons. The molecule has 0 fully saturated rings. The van der Waals surface area contributed by atoms with Gasteiger partial charge in [-0.1, -0.05) is 26.2 Å². The molecule has 0 rings (SSSR count). The predicted octanol–water partition coefficient (Wildman–Crippen LogP) is 2.29. The largest absolute Gasteiger partial charge is 0.342 e. The third-order valence-electron chi connectivity index (χ3n) is 3.05. The van der Waals surface area contributed by atoms with Crippen molar-refractivity contribution >= 4 is 11.8 Å². The fraction of sp³-hybridized carbons (Fsp3) is 0.846. The normalized spacial score (nSPS) is 12.2. The first-order valence-corrected chi connectivity index (χ1v) is 6.72. The summed E-state index contributed by atoms with van der Waals surface area (Å²) in [5, 5.41) is 8.12. The average molecular weight is 259 g/mol. The summed E-state index contributed by atoms with van der Waals surface area (Å²) < 4.78 is 0. The number of carbonyl (C=O) groups is 2. The van der Waals surface area contributed by atoms with Gasteiger partial charge in [0.15, 0.2) is 0 Å². The first kappa shape index (κ1) is 17.1. The zero-order valence-electron chi connectivity index (χ0n) is 11.2. The van der Waals surface area contributed by atoms with Crippen LogP contribution in [0.1, 0.15) is 58.3 Å². The van der Waals surface area contributed by atoms with E-state index in [4.69, 9.17) is 11.0 Å². The lowest BCUT2D eigenvalue weighted by molar-refractivity contribution is -0.234. The molecule has 18 heavy (non-hydrogen) atoms. The number of ketones is 1. The van der Waals surface area contributed by atoms with Crippen molar-refractivity contribution in [2.45, 2.75) is 58.3 Å². The van der Waals surface area contributed by atoms with E-state index in [0.29, 0.717) is 6.54 Å². The molecule has 0 aliphatic carbocycles. The van der Waals surface area contributed by atoms with Crippen LogP contribution in [0, 0.1) is 5.92 Å². The third kappa shape index (κ3) is 8.20. The molecular formula is C13H25NO4. The second-order valence-electron chi connectivity index (χ2n) is 4.55. The molecule has 0 spiro atoms. The van der Waals surface area contributed by atoms with E-state index in [1.54, 1.807) is 0 Å². The summed E-state index contributed by atoms with van der Waals surface area (Å²) in [5.74, 6) is -0.689. The number of hydrogen-bond acceptors (Lipinski definition) is 5. The van der Waals surface area contributed by atoms with Crippen molar-refractivity contribution in [2.75, 3.05) is 6.54 Å². The van der Waals surface area contributed by atoms with Crippen LogP contribution in [0.25, 0.3) is 0 Å². The van der Waals surface area contributed by atoms with Crippen LogP contribution < -0.4 is 5.73 Å². The van der Waals surface area contributed by atoms with Gasteiger partial charge < -0.3 is 10.6 Å². The highest BCUT2D eigenvalue weighted by molar-refractivity contribution is 5.84. The summed E-state index contributed by atoms with van der Waals surface area (Å²) >= 11 is 0. The zero-order chi connectivity index (χ0) is 13.8. The Labute approximate surface area is 109 Å². The maximum atomic E-state index is 11.9. The minimum atomic E-state index is -0.755. The van der Waals surface area contributed by atoms with E-state index in [-0.39, 0.29) is 24.5 Å². The Morgan fingerprint density at radius 1 is 1.17 bits per heavy atom. The summed E-state index contributed by atoms with van der Waals surface area (Å²) in [6.45, 7) is 2.70. The molecule has 106 valence electrons. The Kier molecular flexibility index (Phi) is 10.6. The molecule has 0 aliphatic rings. The molecule has 0 saturated heterocycles. The second-order valence-corrected chi connectivity index (χ2v) is 4.55. The van der Waals surface area contributed by atoms with Gasteiger partial charge >= 0.3 is 5.97 Å². The van der Waals surface area contributed by atoms with Crippen LogP contribution >= 0.6 is 0 Å². The van der Waals surface area contributed by atoms with Crippen molar-refractivity contribution in [3.05, 3.63) is 0 Å².